The highest BCUT2D eigenvalue weighted by molar-refractivity contribution is 5.80. The molecule has 0 aromatic heterocycles. The molecule has 0 radical (unpaired) electrons. The van der Waals surface area contributed by atoms with Crippen LogP contribution in [0.5, 0.6) is 0 Å². The molecule has 1 amide bonds. The Morgan fingerprint density at radius 2 is 2.00 bits per heavy atom. The van der Waals surface area contributed by atoms with Gasteiger partial charge in [0, 0.05) is 59.8 Å². The summed E-state index contributed by atoms with van der Waals surface area (Å²) >= 11 is 0. The molecule has 7 heteroatoms. The molecule has 2 aliphatic heterocycles. The van der Waals surface area contributed by atoms with Crippen LogP contribution in [-0.4, -0.2) is 88.2 Å². The van der Waals surface area contributed by atoms with Gasteiger partial charge in [-0.3, -0.25) is 14.7 Å². The largest absolute Gasteiger partial charge is 0.383 e. The second-order valence-electron chi connectivity index (χ2n) is 7.06. The first kappa shape index (κ1) is 20.0. The Morgan fingerprint density at radius 1 is 1.24 bits per heavy atom. The van der Waals surface area contributed by atoms with Crippen LogP contribution in [0.4, 0.5) is 0 Å². The molecule has 1 atom stereocenters. The number of aliphatic imine (C=N–C) groups is 1. The standard InChI is InChI=1S/C18H35N5O2/c1-19-17(24)13-15-6-9-23(10-7-15)18(20-2)21-14-16-5-4-8-22(16)11-12-25-3/h15-16H,4-14H2,1-3H3,(H,19,24)(H,20,21). The molecule has 2 saturated heterocycles. The van der Waals surface area contributed by atoms with Crippen LogP contribution in [0.2, 0.25) is 0 Å². The van der Waals surface area contributed by atoms with Crippen LogP contribution in [0, 0.1) is 5.92 Å². The smallest absolute Gasteiger partial charge is 0.220 e. The van der Waals surface area contributed by atoms with E-state index >= 15 is 0 Å². The lowest BCUT2D eigenvalue weighted by Gasteiger charge is -2.35. The molecule has 25 heavy (non-hydrogen) atoms. The topological polar surface area (TPSA) is 69.2 Å². The van der Waals surface area contributed by atoms with Crippen LogP contribution >= 0.6 is 0 Å². The molecule has 0 saturated carbocycles. The van der Waals surface area contributed by atoms with Gasteiger partial charge in [0.2, 0.25) is 5.91 Å². The molecule has 0 spiro atoms. The van der Waals surface area contributed by atoms with E-state index in [1.54, 1.807) is 14.2 Å². The van der Waals surface area contributed by atoms with Crippen molar-refractivity contribution in [1.29, 1.82) is 0 Å². The second kappa shape index (κ2) is 10.6. The number of guanidine groups is 1. The molecule has 0 aromatic rings. The van der Waals surface area contributed by atoms with E-state index in [1.165, 1.54) is 19.4 Å². The number of ether oxygens (including phenoxy) is 1. The summed E-state index contributed by atoms with van der Waals surface area (Å²) in [6, 6.07) is 0.567. The highest BCUT2D eigenvalue weighted by Crippen LogP contribution is 2.21. The van der Waals surface area contributed by atoms with E-state index in [9.17, 15) is 4.79 Å². The van der Waals surface area contributed by atoms with Crippen molar-refractivity contribution < 1.29 is 9.53 Å². The number of carbonyl (C=O) groups excluding carboxylic acids is 1. The summed E-state index contributed by atoms with van der Waals surface area (Å²) in [5.41, 5.74) is 0. The summed E-state index contributed by atoms with van der Waals surface area (Å²) in [6.45, 7) is 5.85. The monoisotopic (exact) mass is 353 g/mol. The van der Waals surface area contributed by atoms with E-state index in [1.807, 2.05) is 7.05 Å². The van der Waals surface area contributed by atoms with E-state index in [-0.39, 0.29) is 5.91 Å². The van der Waals surface area contributed by atoms with Crippen molar-refractivity contribution in [3.63, 3.8) is 0 Å². The Bertz CT molecular complexity index is 435. The summed E-state index contributed by atoms with van der Waals surface area (Å²) < 4.78 is 5.22. The molecule has 2 heterocycles. The van der Waals surface area contributed by atoms with Crippen molar-refractivity contribution in [1.82, 2.24) is 20.4 Å². The molecule has 2 N–H and O–H groups in total. The molecular weight excluding hydrogens is 318 g/mol. The van der Waals surface area contributed by atoms with Crippen LogP contribution in [0.15, 0.2) is 4.99 Å². The normalized spacial score (nSPS) is 23.1. The Balaban J connectivity index is 1.74. The number of nitrogens with zero attached hydrogens (tertiary/aromatic N) is 3. The Morgan fingerprint density at radius 3 is 2.64 bits per heavy atom. The number of methoxy groups -OCH3 is 1. The van der Waals surface area contributed by atoms with Gasteiger partial charge in [0.05, 0.1) is 6.61 Å². The first-order valence-electron chi connectivity index (χ1n) is 9.57. The van der Waals surface area contributed by atoms with E-state index in [2.05, 4.69) is 25.4 Å². The molecule has 1 unspecified atom stereocenters. The molecular formula is C18H35N5O2. The maximum atomic E-state index is 11.5. The number of piperidine rings is 1. The minimum Gasteiger partial charge on any atom is -0.383 e. The number of hydrogen-bond acceptors (Lipinski definition) is 4. The third-order valence-electron chi connectivity index (χ3n) is 5.46. The first-order chi connectivity index (χ1) is 12.2. The Labute approximate surface area is 152 Å². The van der Waals surface area contributed by atoms with E-state index in [4.69, 9.17) is 4.74 Å². The molecule has 2 rings (SSSR count). The third kappa shape index (κ3) is 6.15. The SMILES string of the molecule is CN=C(NCC1CCCN1CCOC)N1CCC(CC(=O)NC)CC1. The van der Waals surface area contributed by atoms with Gasteiger partial charge >= 0.3 is 0 Å². The van der Waals surface area contributed by atoms with Gasteiger partial charge in [0.15, 0.2) is 5.96 Å². The third-order valence-corrected chi connectivity index (χ3v) is 5.46. The van der Waals surface area contributed by atoms with Crippen LogP contribution in [0.3, 0.4) is 0 Å². The van der Waals surface area contributed by atoms with Gasteiger partial charge < -0.3 is 20.3 Å². The van der Waals surface area contributed by atoms with E-state index in [0.29, 0.717) is 18.4 Å². The maximum absolute atomic E-state index is 11.5. The molecule has 0 aromatic carbocycles. The quantitative estimate of drug-likeness (QED) is 0.516. The average molecular weight is 354 g/mol. The van der Waals surface area contributed by atoms with Crippen molar-refractivity contribution >= 4 is 11.9 Å². The number of nitrogens with one attached hydrogen (secondary N) is 2. The van der Waals surface area contributed by atoms with Crippen molar-refractivity contribution in [3.05, 3.63) is 0 Å². The summed E-state index contributed by atoms with van der Waals surface area (Å²) in [6.07, 6.45) is 5.25. The fraction of sp³-hybridized carbons (Fsp3) is 0.889. The van der Waals surface area contributed by atoms with Crippen LogP contribution in [-0.2, 0) is 9.53 Å². The second-order valence-corrected chi connectivity index (χ2v) is 7.06. The summed E-state index contributed by atoms with van der Waals surface area (Å²) in [4.78, 5) is 20.8. The van der Waals surface area contributed by atoms with Crippen LogP contribution in [0.1, 0.15) is 32.1 Å². The first-order valence-corrected chi connectivity index (χ1v) is 9.57. The zero-order chi connectivity index (χ0) is 18.1. The Hall–Kier alpha value is -1.34. The molecule has 144 valence electrons. The van der Waals surface area contributed by atoms with Gasteiger partial charge in [-0.25, -0.2) is 0 Å². The van der Waals surface area contributed by atoms with Crippen molar-refractivity contribution in [3.8, 4) is 0 Å². The highest BCUT2D eigenvalue weighted by Gasteiger charge is 2.26. The molecule has 0 bridgehead atoms. The predicted octanol–water partition coefficient (Wildman–Crippen LogP) is 0.521. The number of amides is 1. The summed E-state index contributed by atoms with van der Waals surface area (Å²) in [5.74, 6) is 1.64. The van der Waals surface area contributed by atoms with E-state index in [0.717, 1.165) is 51.6 Å². The molecule has 0 aliphatic carbocycles. The number of hydrogen-bond donors (Lipinski definition) is 2. The predicted molar refractivity (Wildman–Crippen MR) is 101 cm³/mol. The molecule has 7 nitrogen and oxygen atoms in total. The lowest BCUT2D eigenvalue weighted by molar-refractivity contribution is -0.121. The van der Waals surface area contributed by atoms with Crippen molar-refractivity contribution in [2.24, 2.45) is 10.9 Å². The fourth-order valence-corrected chi connectivity index (χ4v) is 3.88. The highest BCUT2D eigenvalue weighted by atomic mass is 16.5. The minimum atomic E-state index is 0.151. The van der Waals surface area contributed by atoms with Crippen LogP contribution < -0.4 is 10.6 Å². The Kier molecular flexibility index (Phi) is 8.48. The van der Waals surface area contributed by atoms with Gasteiger partial charge in [-0.05, 0) is 38.1 Å². The number of carbonyl (C=O) groups is 1. The summed E-state index contributed by atoms with van der Waals surface area (Å²) in [5, 5.41) is 6.29. The number of rotatable bonds is 7. The zero-order valence-corrected chi connectivity index (χ0v) is 16.1. The van der Waals surface area contributed by atoms with E-state index < -0.39 is 0 Å². The lowest BCUT2D eigenvalue weighted by Crippen LogP contribution is -2.49. The van der Waals surface area contributed by atoms with Gasteiger partial charge in [-0.1, -0.05) is 0 Å². The zero-order valence-electron chi connectivity index (χ0n) is 16.1. The number of likely N-dealkylation sites (tertiary alicyclic amines) is 2. The van der Waals surface area contributed by atoms with Crippen LogP contribution in [0.25, 0.3) is 0 Å². The minimum absolute atomic E-state index is 0.151. The van der Waals surface area contributed by atoms with Gasteiger partial charge in [-0.2, -0.15) is 0 Å². The van der Waals surface area contributed by atoms with Crippen molar-refractivity contribution in [2.45, 2.75) is 38.1 Å². The lowest BCUT2D eigenvalue weighted by atomic mass is 9.93. The summed E-state index contributed by atoms with van der Waals surface area (Å²) in [7, 11) is 5.33. The molecule has 2 fully saturated rings. The molecule has 2 aliphatic rings. The van der Waals surface area contributed by atoms with Gasteiger partial charge in [0.25, 0.3) is 0 Å². The maximum Gasteiger partial charge on any atom is 0.220 e. The fourth-order valence-electron chi connectivity index (χ4n) is 3.88. The van der Waals surface area contributed by atoms with Gasteiger partial charge in [0.1, 0.15) is 0 Å². The van der Waals surface area contributed by atoms with Gasteiger partial charge in [-0.15, -0.1) is 0 Å². The average Bonchev–Trinajstić information content (AvgIpc) is 3.09. The van der Waals surface area contributed by atoms with Crippen molar-refractivity contribution in [2.75, 3.05) is 60.5 Å².